The van der Waals surface area contributed by atoms with Gasteiger partial charge in [0, 0.05) is 43.6 Å². The highest BCUT2D eigenvalue weighted by molar-refractivity contribution is 5.59. The highest BCUT2D eigenvalue weighted by Gasteiger charge is 2.33. The molecule has 3 aromatic rings. The van der Waals surface area contributed by atoms with Crippen molar-refractivity contribution in [2.75, 3.05) is 37.7 Å². The Kier molecular flexibility index (Phi) is 4.58. The van der Waals surface area contributed by atoms with Crippen LogP contribution in [0.15, 0.2) is 24.4 Å². The van der Waals surface area contributed by atoms with Gasteiger partial charge in [0.25, 0.3) is 0 Å². The number of hydrogen-bond acceptors (Lipinski definition) is 5. The van der Waals surface area contributed by atoms with Gasteiger partial charge in [0.05, 0.1) is 18.5 Å². The minimum atomic E-state index is -0.658. The minimum Gasteiger partial charge on any atom is -0.487 e. The minimum absolute atomic E-state index is 0.202. The maximum atomic E-state index is 14.1. The summed E-state index contributed by atoms with van der Waals surface area (Å²) in [4.78, 5) is 7.05. The van der Waals surface area contributed by atoms with E-state index in [0.717, 1.165) is 56.2 Å². The first-order valence-corrected chi connectivity index (χ1v) is 10.0. The number of aryl methyl sites for hydroxylation is 1. The van der Waals surface area contributed by atoms with Crippen LogP contribution in [0.4, 0.5) is 14.6 Å². The molecule has 0 aliphatic carbocycles. The second-order valence-corrected chi connectivity index (χ2v) is 7.80. The number of hydrogen-bond donors (Lipinski definition) is 1. The Labute approximate surface area is 167 Å². The molecule has 0 amide bonds. The van der Waals surface area contributed by atoms with E-state index in [1.165, 1.54) is 17.7 Å². The second kappa shape index (κ2) is 7.26. The van der Waals surface area contributed by atoms with Crippen LogP contribution < -0.4 is 15.0 Å². The normalized spacial score (nSPS) is 17.1. The molecule has 0 radical (unpaired) electrons. The molecule has 5 rings (SSSR count). The Morgan fingerprint density at radius 2 is 2.00 bits per heavy atom. The lowest BCUT2D eigenvalue weighted by atomic mass is 9.99. The summed E-state index contributed by atoms with van der Waals surface area (Å²) < 4.78 is 35.5. The number of ether oxygens (including phenoxy) is 1. The van der Waals surface area contributed by atoms with E-state index in [1.807, 2.05) is 10.6 Å². The van der Waals surface area contributed by atoms with Gasteiger partial charge in [-0.2, -0.15) is 9.61 Å². The molecule has 29 heavy (non-hydrogen) atoms. The first kappa shape index (κ1) is 18.3. The zero-order valence-electron chi connectivity index (χ0n) is 16.3. The lowest BCUT2D eigenvalue weighted by molar-refractivity contribution is 0.204. The second-order valence-electron chi connectivity index (χ2n) is 7.80. The lowest BCUT2D eigenvalue weighted by Gasteiger charge is -2.41. The molecule has 1 N–H and O–H groups in total. The van der Waals surface area contributed by atoms with Crippen molar-refractivity contribution in [3.63, 3.8) is 0 Å². The van der Waals surface area contributed by atoms with Crippen molar-refractivity contribution in [3.05, 3.63) is 52.9 Å². The van der Waals surface area contributed by atoms with Crippen molar-refractivity contribution in [1.82, 2.24) is 19.9 Å². The molecule has 2 aliphatic rings. The molecule has 2 aliphatic heterocycles. The van der Waals surface area contributed by atoms with Gasteiger partial charge in [0.2, 0.25) is 0 Å². The Hall–Kier alpha value is -2.74. The zero-order chi connectivity index (χ0) is 20.0. The van der Waals surface area contributed by atoms with Crippen LogP contribution in [0.2, 0.25) is 0 Å². The molecule has 0 saturated carbocycles. The number of halogens is 2. The molecule has 8 heteroatoms. The number of fused-ring (bicyclic) bond motifs is 2. The third kappa shape index (κ3) is 3.21. The van der Waals surface area contributed by atoms with E-state index in [4.69, 9.17) is 9.72 Å². The predicted molar refractivity (Wildman–Crippen MR) is 106 cm³/mol. The van der Waals surface area contributed by atoms with Gasteiger partial charge in [-0.25, -0.2) is 13.8 Å². The topological polar surface area (TPSA) is 54.7 Å². The van der Waals surface area contributed by atoms with E-state index < -0.39 is 11.6 Å². The number of anilines is 1. The molecular weight excluding hydrogens is 376 g/mol. The van der Waals surface area contributed by atoms with Gasteiger partial charge in [0.15, 0.2) is 23.0 Å². The molecule has 1 saturated heterocycles. The standard InChI is InChI=1S/C21H23F2N5O/c1-13-2-3-16(22)20(19(13)23)29-12-14-10-27(11-14)21-15-4-7-24-8-5-17(15)26-18-6-9-25-28(18)21/h2-3,6,9,14,24H,4-5,7-8,10-12H2,1H3. The summed E-state index contributed by atoms with van der Waals surface area (Å²) in [5.74, 6) is -0.266. The molecule has 4 heterocycles. The number of nitrogens with one attached hydrogen (secondary N) is 1. The lowest BCUT2D eigenvalue weighted by Crippen LogP contribution is -2.50. The Bertz CT molecular complexity index is 1060. The number of nitrogens with zero attached hydrogens (tertiary/aromatic N) is 4. The molecule has 1 aromatic carbocycles. The van der Waals surface area contributed by atoms with Crippen LogP contribution in [0.3, 0.4) is 0 Å². The van der Waals surface area contributed by atoms with E-state index in [-0.39, 0.29) is 18.3 Å². The van der Waals surface area contributed by atoms with Crippen LogP contribution in [-0.2, 0) is 12.8 Å². The van der Waals surface area contributed by atoms with Gasteiger partial charge >= 0.3 is 0 Å². The summed E-state index contributed by atoms with van der Waals surface area (Å²) in [6.07, 6.45) is 3.58. The molecule has 0 unspecified atom stereocenters. The molecule has 0 spiro atoms. The van der Waals surface area contributed by atoms with Crippen LogP contribution >= 0.6 is 0 Å². The Morgan fingerprint density at radius 1 is 1.17 bits per heavy atom. The van der Waals surface area contributed by atoms with Gasteiger partial charge in [-0.05, 0) is 31.5 Å². The molecule has 152 valence electrons. The highest BCUT2D eigenvalue weighted by Crippen LogP contribution is 2.32. The molecule has 0 bridgehead atoms. The smallest absolute Gasteiger partial charge is 0.190 e. The van der Waals surface area contributed by atoms with E-state index in [1.54, 1.807) is 13.1 Å². The van der Waals surface area contributed by atoms with Crippen LogP contribution in [0.5, 0.6) is 5.75 Å². The van der Waals surface area contributed by atoms with Gasteiger partial charge in [-0.3, -0.25) is 0 Å². The average molecular weight is 399 g/mol. The maximum absolute atomic E-state index is 14.1. The van der Waals surface area contributed by atoms with Crippen molar-refractivity contribution in [2.24, 2.45) is 5.92 Å². The number of benzene rings is 1. The van der Waals surface area contributed by atoms with Crippen LogP contribution in [0.1, 0.15) is 16.8 Å². The van der Waals surface area contributed by atoms with E-state index in [9.17, 15) is 8.78 Å². The monoisotopic (exact) mass is 399 g/mol. The van der Waals surface area contributed by atoms with Crippen LogP contribution in [-0.4, -0.2) is 47.4 Å². The quantitative estimate of drug-likeness (QED) is 0.731. The highest BCUT2D eigenvalue weighted by atomic mass is 19.1. The summed E-state index contributed by atoms with van der Waals surface area (Å²) in [6, 6.07) is 4.59. The fraction of sp³-hybridized carbons (Fsp3) is 0.429. The van der Waals surface area contributed by atoms with E-state index in [0.29, 0.717) is 5.56 Å². The first-order chi connectivity index (χ1) is 14.1. The van der Waals surface area contributed by atoms with Crippen LogP contribution in [0.25, 0.3) is 5.65 Å². The van der Waals surface area contributed by atoms with Gasteiger partial charge in [0.1, 0.15) is 5.82 Å². The van der Waals surface area contributed by atoms with E-state index >= 15 is 0 Å². The first-order valence-electron chi connectivity index (χ1n) is 10.0. The number of rotatable bonds is 4. The fourth-order valence-corrected chi connectivity index (χ4v) is 4.15. The SMILES string of the molecule is Cc1ccc(F)c(OCC2CN(c3c4c(nc5ccnn35)CCNCC4)C2)c1F. The summed E-state index contributed by atoms with van der Waals surface area (Å²) in [7, 11) is 0. The van der Waals surface area contributed by atoms with Gasteiger partial charge < -0.3 is 15.0 Å². The largest absolute Gasteiger partial charge is 0.487 e. The number of aromatic nitrogens is 3. The molecule has 1 fully saturated rings. The third-order valence-electron chi connectivity index (χ3n) is 5.74. The molecule has 6 nitrogen and oxygen atoms in total. The zero-order valence-corrected chi connectivity index (χ0v) is 16.3. The van der Waals surface area contributed by atoms with Gasteiger partial charge in [-0.1, -0.05) is 6.07 Å². The summed E-state index contributed by atoms with van der Waals surface area (Å²) in [5, 5.41) is 7.90. The summed E-state index contributed by atoms with van der Waals surface area (Å²) >= 11 is 0. The average Bonchev–Trinajstić information content (AvgIpc) is 3.02. The third-order valence-corrected chi connectivity index (χ3v) is 5.74. The summed E-state index contributed by atoms with van der Waals surface area (Å²) in [6.45, 7) is 5.24. The molecule has 0 atom stereocenters. The Balaban J connectivity index is 1.34. The van der Waals surface area contributed by atoms with Crippen LogP contribution in [0, 0.1) is 24.5 Å². The van der Waals surface area contributed by atoms with Crippen molar-refractivity contribution in [1.29, 1.82) is 0 Å². The summed E-state index contributed by atoms with van der Waals surface area (Å²) in [5.41, 5.74) is 3.60. The van der Waals surface area contributed by atoms with Crippen molar-refractivity contribution in [2.45, 2.75) is 19.8 Å². The fourth-order valence-electron chi connectivity index (χ4n) is 4.15. The van der Waals surface area contributed by atoms with E-state index in [2.05, 4.69) is 15.3 Å². The molecule has 2 aromatic heterocycles. The molecular formula is C21H23F2N5O. The van der Waals surface area contributed by atoms with Crippen molar-refractivity contribution < 1.29 is 13.5 Å². The predicted octanol–water partition coefficient (Wildman–Crippen LogP) is 2.52. The van der Waals surface area contributed by atoms with Crippen molar-refractivity contribution in [3.8, 4) is 5.75 Å². The Morgan fingerprint density at radius 3 is 2.86 bits per heavy atom. The maximum Gasteiger partial charge on any atom is 0.190 e. The van der Waals surface area contributed by atoms with Crippen molar-refractivity contribution >= 4 is 11.5 Å². The van der Waals surface area contributed by atoms with Gasteiger partial charge in [-0.15, -0.1) is 0 Å².